The topological polar surface area (TPSA) is 49.2 Å². The Labute approximate surface area is 121 Å². The summed E-state index contributed by atoms with van der Waals surface area (Å²) >= 11 is 0. The van der Waals surface area contributed by atoms with E-state index in [1.54, 1.807) is 0 Å². The van der Waals surface area contributed by atoms with Crippen LogP contribution in [0.1, 0.15) is 50.1 Å². The van der Waals surface area contributed by atoms with Gasteiger partial charge in [-0.25, -0.2) is 4.98 Å². The monoisotopic (exact) mass is 273 g/mol. The number of fused-ring (bicyclic) bond motifs is 1. The minimum Gasteiger partial charge on any atom is -0.370 e. The van der Waals surface area contributed by atoms with E-state index in [0.717, 1.165) is 36.6 Å². The molecule has 1 aromatic heterocycles. The second-order valence-corrected chi connectivity index (χ2v) is 5.86. The van der Waals surface area contributed by atoms with Gasteiger partial charge in [-0.05, 0) is 40.2 Å². The molecular weight excluding hydrogens is 250 g/mol. The van der Waals surface area contributed by atoms with Crippen LogP contribution in [0.5, 0.6) is 0 Å². The molecule has 1 aromatic rings. The smallest absolute Gasteiger partial charge is 0.147 e. The SMILES string of the molecule is CCN(CC)c1nc(C)c2c(c1C#N)COC(C)(C)C2. The number of nitrogens with zero attached hydrogens (tertiary/aromatic N) is 3. The third-order valence-corrected chi connectivity index (χ3v) is 3.98. The highest BCUT2D eigenvalue weighted by Gasteiger charge is 2.31. The number of ether oxygens (including phenoxy) is 1. The van der Waals surface area contributed by atoms with E-state index in [1.165, 1.54) is 5.56 Å². The average molecular weight is 273 g/mol. The summed E-state index contributed by atoms with van der Waals surface area (Å²) in [6, 6.07) is 2.34. The van der Waals surface area contributed by atoms with Crippen molar-refractivity contribution in [3.05, 3.63) is 22.4 Å². The summed E-state index contributed by atoms with van der Waals surface area (Å²) in [5.41, 5.74) is 3.75. The van der Waals surface area contributed by atoms with Crippen LogP contribution >= 0.6 is 0 Å². The molecule has 0 unspecified atom stereocenters. The zero-order chi connectivity index (χ0) is 14.9. The highest BCUT2D eigenvalue weighted by atomic mass is 16.5. The third-order valence-electron chi connectivity index (χ3n) is 3.98. The van der Waals surface area contributed by atoms with Gasteiger partial charge in [-0.2, -0.15) is 5.26 Å². The lowest BCUT2D eigenvalue weighted by Crippen LogP contribution is -2.34. The van der Waals surface area contributed by atoms with Crippen LogP contribution in [0.3, 0.4) is 0 Å². The van der Waals surface area contributed by atoms with Gasteiger partial charge >= 0.3 is 0 Å². The van der Waals surface area contributed by atoms with Gasteiger partial charge in [0.25, 0.3) is 0 Å². The first-order chi connectivity index (χ1) is 9.43. The molecule has 2 rings (SSSR count). The van der Waals surface area contributed by atoms with E-state index in [-0.39, 0.29) is 5.60 Å². The van der Waals surface area contributed by atoms with Gasteiger partial charge in [-0.15, -0.1) is 0 Å². The van der Waals surface area contributed by atoms with Crippen molar-refractivity contribution in [2.24, 2.45) is 0 Å². The van der Waals surface area contributed by atoms with E-state index in [2.05, 4.69) is 38.7 Å². The number of aryl methyl sites for hydroxylation is 1. The van der Waals surface area contributed by atoms with E-state index in [4.69, 9.17) is 9.72 Å². The van der Waals surface area contributed by atoms with Crippen LogP contribution in [-0.4, -0.2) is 23.7 Å². The van der Waals surface area contributed by atoms with Gasteiger partial charge in [-0.1, -0.05) is 0 Å². The van der Waals surface area contributed by atoms with E-state index in [0.29, 0.717) is 12.2 Å². The van der Waals surface area contributed by atoms with Crippen molar-refractivity contribution in [3.63, 3.8) is 0 Å². The molecule has 2 heterocycles. The summed E-state index contributed by atoms with van der Waals surface area (Å²) < 4.78 is 5.89. The minimum atomic E-state index is -0.178. The molecule has 20 heavy (non-hydrogen) atoms. The van der Waals surface area contributed by atoms with E-state index in [1.807, 2.05) is 6.92 Å². The first-order valence-corrected chi connectivity index (χ1v) is 7.24. The summed E-state index contributed by atoms with van der Waals surface area (Å²) in [5.74, 6) is 0.803. The first kappa shape index (κ1) is 14.8. The number of anilines is 1. The van der Waals surface area contributed by atoms with Gasteiger partial charge in [0.2, 0.25) is 0 Å². The van der Waals surface area contributed by atoms with Crippen molar-refractivity contribution in [2.45, 2.75) is 53.2 Å². The fourth-order valence-electron chi connectivity index (χ4n) is 2.79. The van der Waals surface area contributed by atoms with Gasteiger partial charge in [0.15, 0.2) is 0 Å². The Bertz CT molecular complexity index is 554. The number of hydrogen-bond donors (Lipinski definition) is 0. The van der Waals surface area contributed by atoms with E-state index in [9.17, 15) is 5.26 Å². The summed E-state index contributed by atoms with van der Waals surface area (Å²) in [5, 5.41) is 9.56. The lowest BCUT2D eigenvalue weighted by molar-refractivity contribution is -0.0405. The quantitative estimate of drug-likeness (QED) is 0.849. The maximum atomic E-state index is 9.56. The molecule has 0 amide bonds. The van der Waals surface area contributed by atoms with Crippen LogP contribution in [0.25, 0.3) is 0 Å². The Kier molecular flexibility index (Phi) is 4.01. The lowest BCUT2D eigenvalue weighted by atomic mass is 9.88. The van der Waals surface area contributed by atoms with Crippen molar-refractivity contribution >= 4 is 5.82 Å². The fourth-order valence-corrected chi connectivity index (χ4v) is 2.79. The van der Waals surface area contributed by atoms with Crippen molar-refractivity contribution in [1.82, 2.24) is 4.98 Å². The Hall–Kier alpha value is -1.60. The Balaban J connectivity index is 2.61. The van der Waals surface area contributed by atoms with Crippen molar-refractivity contribution in [3.8, 4) is 6.07 Å². The van der Waals surface area contributed by atoms with Crippen LogP contribution in [-0.2, 0) is 17.8 Å². The predicted molar refractivity (Wildman–Crippen MR) is 79.8 cm³/mol. The molecular formula is C16H23N3O. The van der Waals surface area contributed by atoms with Crippen LogP contribution in [0.4, 0.5) is 5.82 Å². The van der Waals surface area contributed by atoms with Gasteiger partial charge in [-0.3, -0.25) is 0 Å². The average Bonchev–Trinajstić information content (AvgIpc) is 2.40. The summed E-state index contributed by atoms with van der Waals surface area (Å²) in [6.45, 7) is 12.6. The Morgan fingerprint density at radius 3 is 2.50 bits per heavy atom. The van der Waals surface area contributed by atoms with Gasteiger partial charge in [0.05, 0.1) is 12.2 Å². The molecule has 0 aliphatic carbocycles. The molecule has 0 atom stereocenters. The Morgan fingerprint density at radius 1 is 1.30 bits per heavy atom. The molecule has 4 heteroatoms. The molecule has 108 valence electrons. The molecule has 0 aromatic carbocycles. The summed E-state index contributed by atoms with van der Waals surface area (Å²) in [6.07, 6.45) is 0.814. The first-order valence-electron chi connectivity index (χ1n) is 7.24. The fraction of sp³-hybridized carbons (Fsp3) is 0.625. The number of nitriles is 1. The van der Waals surface area contributed by atoms with E-state index >= 15 is 0 Å². The van der Waals surface area contributed by atoms with Gasteiger partial charge in [0.1, 0.15) is 17.5 Å². The van der Waals surface area contributed by atoms with Crippen molar-refractivity contribution in [1.29, 1.82) is 5.26 Å². The van der Waals surface area contributed by atoms with Gasteiger partial charge < -0.3 is 9.64 Å². The number of hydrogen-bond acceptors (Lipinski definition) is 4. The van der Waals surface area contributed by atoms with Gasteiger partial charge in [0, 0.05) is 30.8 Å². The van der Waals surface area contributed by atoms with Crippen molar-refractivity contribution in [2.75, 3.05) is 18.0 Å². The normalized spacial score (nSPS) is 16.4. The second kappa shape index (κ2) is 5.41. The number of rotatable bonds is 3. The number of aromatic nitrogens is 1. The molecule has 0 bridgehead atoms. The third kappa shape index (κ3) is 2.51. The standard InChI is InChI=1S/C16H23N3O/c1-6-19(7-2)15-13(9-17)14-10-20-16(4,5)8-12(14)11(3)18-15/h6-8,10H2,1-5H3. The highest BCUT2D eigenvalue weighted by Crippen LogP contribution is 2.34. The molecule has 0 radical (unpaired) electrons. The number of pyridine rings is 1. The minimum absolute atomic E-state index is 0.178. The molecule has 0 fully saturated rings. The molecule has 0 spiro atoms. The molecule has 1 aliphatic heterocycles. The highest BCUT2D eigenvalue weighted by molar-refractivity contribution is 5.61. The summed E-state index contributed by atoms with van der Waals surface area (Å²) in [4.78, 5) is 6.84. The molecule has 0 saturated heterocycles. The van der Waals surface area contributed by atoms with Crippen LogP contribution in [0.2, 0.25) is 0 Å². The molecule has 4 nitrogen and oxygen atoms in total. The maximum Gasteiger partial charge on any atom is 0.147 e. The van der Waals surface area contributed by atoms with Crippen LogP contribution in [0.15, 0.2) is 0 Å². The lowest BCUT2D eigenvalue weighted by Gasteiger charge is -2.34. The maximum absolute atomic E-state index is 9.56. The van der Waals surface area contributed by atoms with Crippen LogP contribution in [0, 0.1) is 18.3 Å². The Morgan fingerprint density at radius 2 is 1.95 bits per heavy atom. The molecule has 1 aliphatic rings. The summed E-state index contributed by atoms with van der Waals surface area (Å²) in [7, 11) is 0. The predicted octanol–water partition coefficient (Wildman–Crippen LogP) is 2.96. The van der Waals surface area contributed by atoms with Crippen LogP contribution < -0.4 is 4.90 Å². The molecule has 0 saturated carbocycles. The zero-order valence-electron chi connectivity index (χ0n) is 13.1. The van der Waals surface area contributed by atoms with Crippen molar-refractivity contribution < 1.29 is 4.74 Å². The van der Waals surface area contributed by atoms with E-state index < -0.39 is 0 Å². The largest absolute Gasteiger partial charge is 0.370 e. The zero-order valence-corrected chi connectivity index (χ0v) is 13.1. The second-order valence-electron chi connectivity index (χ2n) is 5.86. The molecule has 0 N–H and O–H groups in total.